The summed E-state index contributed by atoms with van der Waals surface area (Å²) >= 11 is 3.31. The Labute approximate surface area is 85.7 Å². The van der Waals surface area contributed by atoms with E-state index in [1.165, 1.54) is 0 Å². The Kier molecular flexibility index (Phi) is 3.09. The predicted octanol–water partition coefficient (Wildman–Crippen LogP) is 3.06. The van der Waals surface area contributed by atoms with Crippen molar-refractivity contribution in [1.82, 2.24) is 0 Å². The van der Waals surface area contributed by atoms with Gasteiger partial charge in [0.2, 0.25) is 0 Å². The lowest BCUT2D eigenvalue weighted by Gasteiger charge is -2.05. The molecular weight excluding hydrogens is 232 g/mol. The van der Waals surface area contributed by atoms with E-state index < -0.39 is 0 Å². The standard InChI is InChI=1S/C10H11BrO2/c1-3-9(12)7-5-8(11)6(2)4-10(7)13/h4-5,13H,3H2,1-2H3. The molecule has 1 aromatic carbocycles. The van der Waals surface area contributed by atoms with Gasteiger partial charge in [0, 0.05) is 10.9 Å². The number of hydrogen-bond acceptors (Lipinski definition) is 2. The molecule has 0 saturated carbocycles. The molecule has 0 fully saturated rings. The van der Waals surface area contributed by atoms with Gasteiger partial charge < -0.3 is 5.11 Å². The summed E-state index contributed by atoms with van der Waals surface area (Å²) < 4.78 is 0.849. The van der Waals surface area contributed by atoms with Gasteiger partial charge in [0.05, 0.1) is 5.56 Å². The number of hydrogen-bond donors (Lipinski definition) is 1. The van der Waals surface area contributed by atoms with Crippen LogP contribution < -0.4 is 0 Å². The number of carbonyl (C=O) groups excluding carboxylic acids is 1. The summed E-state index contributed by atoms with van der Waals surface area (Å²) in [5.74, 6) is 0.0192. The number of halogens is 1. The monoisotopic (exact) mass is 242 g/mol. The van der Waals surface area contributed by atoms with Crippen LogP contribution in [0, 0.1) is 6.92 Å². The van der Waals surface area contributed by atoms with Crippen molar-refractivity contribution < 1.29 is 9.90 Å². The summed E-state index contributed by atoms with van der Waals surface area (Å²) in [6.07, 6.45) is 0.406. The molecule has 0 saturated heterocycles. The lowest BCUT2D eigenvalue weighted by atomic mass is 10.1. The Bertz CT molecular complexity index is 345. The minimum absolute atomic E-state index is 0.0433. The molecule has 70 valence electrons. The van der Waals surface area contributed by atoms with Crippen molar-refractivity contribution in [3.63, 3.8) is 0 Å². The molecular formula is C10H11BrO2. The molecule has 1 aromatic rings. The van der Waals surface area contributed by atoms with E-state index in [2.05, 4.69) is 15.9 Å². The van der Waals surface area contributed by atoms with Crippen LogP contribution in [0.1, 0.15) is 29.3 Å². The molecule has 0 atom stereocenters. The van der Waals surface area contributed by atoms with Crippen molar-refractivity contribution in [1.29, 1.82) is 0 Å². The van der Waals surface area contributed by atoms with Gasteiger partial charge in [0.1, 0.15) is 5.75 Å². The van der Waals surface area contributed by atoms with Gasteiger partial charge >= 0.3 is 0 Å². The van der Waals surface area contributed by atoms with Gasteiger partial charge in [-0.1, -0.05) is 22.9 Å². The summed E-state index contributed by atoms with van der Waals surface area (Å²) in [7, 11) is 0. The molecule has 0 aliphatic heterocycles. The van der Waals surface area contributed by atoms with Crippen molar-refractivity contribution in [3.8, 4) is 5.75 Å². The van der Waals surface area contributed by atoms with E-state index in [1.807, 2.05) is 6.92 Å². The van der Waals surface area contributed by atoms with Crippen LogP contribution in [0.5, 0.6) is 5.75 Å². The average Bonchev–Trinajstić information content (AvgIpc) is 2.10. The van der Waals surface area contributed by atoms with Crippen molar-refractivity contribution in [2.24, 2.45) is 0 Å². The maximum Gasteiger partial charge on any atom is 0.166 e. The molecule has 0 aliphatic rings. The van der Waals surface area contributed by atoms with E-state index in [0.717, 1.165) is 10.0 Å². The number of aromatic hydroxyl groups is 1. The molecule has 0 spiro atoms. The van der Waals surface area contributed by atoms with Crippen LogP contribution in [-0.2, 0) is 0 Å². The van der Waals surface area contributed by atoms with E-state index in [1.54, 1.807) is 19.1 Å². The second-order valence-electron chi connectivity index (χ2n) is 2.90. The second-order valence-corrected chi connectivity index (χ2v) is 3.75. The van der Waals surface area contributed by atoms with Crippen molar-refractivity contribution in [3.05, 3.63) is 27.7 Å². The Balaban J connectivity index is 3.23. The van der Waals surface area contributed by atoms with E-state index in [0.29, 0.717) is 12.0 Å². The second kappa shape index (κ2) is 3.92. The largest absolute Gasteiger partial charge is 0.507 e. The van der Waals surface area contributed by atoms with Gasteiger partial charge in [0.25, 0.3) is 0 Å². The minimum atomic E-state index is -0.0433. The third-order valence-electron chi connectivity index (χ3n) is 1.90. The van der Waals surface area contributed by atoms with E-state index in [9.17, 15) is 9.90 Å². The summed E-state index contributed by atoms with van der Waals surface area (Å²) in [4.78, 5) is 11.3. The van der Waals surface area contributed by atoms with Crippen LogP contribution in [0.15, 0.2) is 16.6 Å². The van der Waals surface area contributed by atoms with Crippen LogP contribution in [0.2, 0.25) is 0 Å². The number of phenols is 1. The third-order valence-corrected chi connectivity index (χ3v) is 2.75. The van der Waals surface area contributed by atoms with Gasteiger partial charge in [-0.05, 0) is 24.6 Å². The van der Waals surface area contributed by atoms with Gasteiger partial charge in [-0.15, -0.1) is 0 Å². The molecule has 2 nitrogen and oxygen atoms in total. The zero-order valence-electron chi connectivity index (χ0n) is 7.60. The first kappa shape index (κ1) is 10.3. The van der Waals surface area contributed by atoms with E-state index in [4.69, 9.17) is 0 Å². The Hall–Kier alpha value is -0.830. The topological polar surface area (TPSA) is 37.3 Å². The van der Waals surface area contributed by atoms with Crippen molar-refractivity contribution >= 4 is 21.7 Å². The van der Waals surface area contributed by atoms with Crippen LogP contribution in [-0.4, -0.2) is 10.9 Å². The SMILES string of the molecule is CCC(=O)c1cc(Br)c(C)cc1O. The molecule has 1 rings (SSSR count). The molecule has 0 amide bonds. The molecule has 0 heterocycles. The van der Waals surface area contributed by atoms with Crippen molar-refractivity contribution in [2.45, 2.75) is 20.3 Å². The van der Waals surface area contributed by atoms with Gasteiger partial charge in [-0.3, -0.25) is 4.79 Å². The van der Waals surface area contributed by atoms with Crippen LogP contribution in [0.25, 0.3) is 0 Å². The molecule has 0 aromatic heterocycles. The Morgan fingerprint density at radius 2 is 2.15 bits per heavy atom. The van der Waals surface area contributed by atoms with Gasteiger partial charge in [-0.25, -0.2) is 0 Å². The molecule has 0 unspecified atom stereocenters. The quantitative estimate of drug-likeness (QED) is 0.810. The number of rotatable bonds is 2. The summed E-state index contributed by atoms with van der Waals surface area (Å²) in [5.41, 5.74) is 1.31. The lowest BCUT2D eigenvalue weighted by molar-refractivity contribution is 0.0985. The highest BCUT2D eigenvalue weighted by Gasteiger charge is 2.10. The number of aryl methyl sites for hydroxylation is 1. The highest BCUT2D eigenvalue weighted by molar-refractivity contribution is 9.10. The maximum absolute atomic E-state index is 11.3. The van der Waals surface area contributed by atoms with E-state index >= 15 is 0 Å². The molecule has 0 aliphatic carbocycles. The number of benzene rings is 1. The number of phenolic OH excluding ortho intramolecular Hbond substituents is 1. The first-order valence-corrected chi connectivity index (χ1v) is 4.88. The zero-order valence-corrected chi connectivity index (χ0v) is 9.18. The van der Waals surface area contributed by atoms with Crippen LogP contribution in [0.3, 0.4) is 0 Å². The Morgan fingerprint density at radius 1 is 1.54 bits per heavy atom. The summed E-state index contributed by atoms with van der Waals surface area (Å²) in [6.45, 7) is 3.64. The third kappa shape index (κ3) is 2.10. The minimum Gasteiger partial charge on any atom is -0.507 e. The van der Waals surface area contributed by atoms with Gasteiger partial charge in [-0.2, -0.15) is 0 Å². The maximum atomic E-state index is 11.3. The highest BCUT2D eigenvalue weighted by atomic mass is 79.9. The molecule has 0 radical (unpaired) electrons. The molecule has 13 heavy (non-hydrogen) atoms. The fraction of sp³-hybridized carbons (Fsp3) is 0.300. The Morgan fingerprint density at radius 3 is 2.69 bits per heavy atom. The zero-order chi connectivity index (χ0) is 10.0. The summed E-state index contributed by atoms with van der Waals surface area (Å²) in [5, 5.41) is 9.48. The smallest absolute Gasteiger partial charge is 0.166 e. The van der Waals surface area contributed by atoms with Gasteiger partial charge in [0.15, 0.2) is 5.78 Å². The first-order valence-electron chi connectivity index (χ1n) is 4.08. The normalized spacial score (nSPS) is 10.1. The first-order chi connectivity index (χ1) is 6.06. The van der Waals surface area contributed by atoms with Crippen molar-refractivity contribution in [2.75, 3.05) is 0 Å². The fourth-order valence-electron chi connectivity index (χ4n) is 1.08. The molecule has 1 N–H and O–H groups in total. The number of carbonyl (C=O) groups is 1. The molecule has 0 bridgehead atoms. The predicted molar refractivity (Wildman–Crippen MR) is 55.2 cm³/mol. The van der Waals surface area contributed by atoms with Crippen LogP contribution >= 0.6 is 15.9 Å². The number of ketones is 1. The fourth-order valence-corrected chi connectivity index (χ4v) is 1.42. The highest BCUT2D eigenvalue weighted by Crippen LogP contribution is 2.26. The lowest BCUT2D eigenvalue weighted by Crippen LogP contribution is -1.97. The average molecular weight is 243 g/mol. The molecule has 3 heteroatoms. The van der Waals surface area contributed by atoms with Crippen LogP contribution in [0.4, 0.5) is 0 Å². The number of Topliss-reactive ketones (excluding diaryl/α,β-unsaturated/α-hetero) is 1. The van der Waals surface area contributed by atoms with E-state index in [-0.39, 0.29) is 11.5 Å². The summed E-state index contributed by atoms with van der Waals surface area (Å²) in [6, 6.07) is 3.25.